The van der Waals surface area contributed by atoms with E-state index in [0.717, 1.165) is 57.8 Å². The SMILES string of the molecule is CCCCCCCCCC/C=C\CCCCCCCCCCCCCC(=O)OC(COC(=O)CCCCCCCCC)COP(=O)(O)OC1C(O)C(O)C(O)C(O)C1O. The largest absolute Gasteiger partial charge is 0.472 e. The van der Waals surface area contributed by atoms with Gasteiger partial charge in [0, 0.05) is 12.8 Å². The molecule has 6 atom stereocenters. The fourth-order valence-corrected chi connectivity index (χ4v) is 8.26. The number of unbranched alkanes of at least 4 members (excludes halogenated alkanes) is 25. The maximum absolute atomic E-state index is 12.8. The number of carbonyl (C=O) groups excluding carboxylic acids is 2. The highest BCUT2D eigenvalue weighted by molar-refractivity contribution is 7.47. The molecule has 1 aliphatic carbocycles. The molecule has 6 unspecified atom stereocenters. The summed E-state index contributed by atoms with van der Waals surface area (Å²) < 4.78 is 33.4. The van der Waals surface area contributed by atoms with Crippen LogP contribution in [0.3, 0.4) is 0 Å². The summed E-state index contributed by atoms with van der Waals surface area (Å²) in [6, 6.07) is 0. The Morgan fingerprint density at radius 3 is 1.29 bits per heavy atom. The minimum Gasteiger partial charge on any atom is -0.462 e. The lowest BCUT2D eigenvalue weighted by atomic mass is 9.85. The summed E-state index contributed by atoms with van der Waals surface area (Å²) in [5.41, 5.74) is 0. The number of rotatable bonds is 39. The van der Waals surface area contributed by atoms with Crippen LogP contribution in [0.1, 0.15) is 206 Å². The van der Waals surface area contributed by atoms with E-state index in [-0.39, 0.29) is 12.8 Å². The molecule has 1 fully saturated rings. The van der Waals surface area contributed by atoms with E-state index < -0.39 is 75.7 Å². The van der Waals surface area contributed by atoms with Crippen molar-refractivity contribution in [1.82, 2.24) is 0 Å². The van der Waals surface area contributed by atoms with E-state index in [1.54, 1.807) is 0 Å². The highest BCUT2D eigenvalue weighted by Gasteiger charge is 2.51. The zero-order valence-electron chi connectivity index (χ0n) is 36.8. The van der Waals surface area contributed by atoms with Crippen LogP contribution in [0.15, 0.2) is 12.2 Å². The highest BCUT2D eigenvalue weighted by Crippen LogP contribution is 2.47. The fraction of sp³-hybridized carbons (Fsp3) is 0.911. The van der Waals surface area contributed by atoms with Crippen LogP contribution in [-0.4, -0.2) is 98.3 Å². The molecule has 0 bridgehead atoms. The van der Waals surface area contributed by atoms with E-state index in [1.165, 1.54) is 109 Å². The van der Waals surface area contributed by atoms with Crippen molar-refractivity contribution in [2.75, 3.05) is 13.2 Å². The molecule has 0 radical (unpaired) electrons. The van der Waals surface area contributed by atoms with Gasteiger partial charge < -0.3 is 39.9 Å². The average molecular weight is 865 g/mol. The monoisotopic (exact) mass is 865 g/mol. The minimum absolute atomic E-state index is 0.0999. The first kappa shape index (κ1) is 55.6. The third-order valence-electron chi connectivity index (χ3n) is 11.1. The molecule has 6 N–H and O–H groups in total. The molecular formula is C45H85O13P. The van der Waals surface area contributed by atoms with E-state index in [4.69, 9.17) is 18.5 Å². The van der Waals surface area contributed by atoms with Gasteiger partial charge in [-0.15, -0.1) is 0 Å². The average Bonchev–Trinajstić information content (AvgIpc) is 3.21. The first-order chi connectivity index (χ1) is 28.4. The molecule has 13 nitrogen and oxygen atoms in total. The van der Waals surface area contributed by atoms with Crippen LogP contribution in [0.4, 0.5) is 0 Å². The van der Waals surface area contributed by atoms with Crippen LogP contribution < -0.4 is 0 Å². The second-order valence-electron chi connectivity index (χ2n) is 16.6. The summed E-state index contributed by atoms with van der Waals surface area (Å²) >= 11 is 0. The Kier molecular flexibility index (Phi) is 34.0. The van der Waals surface area contributed by atoms with Gasteiger partial charge in [0.05, 0.1) is 6.61 Å². The van der Waals surface area contributed by atoms with Gasteiger partial charge in [-0.05, 0) is 38.5 Å². The lowest BCUT2D eigenvalue weighted by Gasteiger charge is -2.41. The van der Waals surface area contributed by atoms with Crippen LogP contribution in [0, 0.1) is 0 Å². The van der Waals surface area contributed by atoms with Crippen LogP contribution >= 0.6 is 7.82 Å². The number of allylic oxidation sites excluding steroid dienone is 2. The number of aliphatic hydroxyl groups is 5. The molecule has 0 spiro atoms. The minimum atomic E-state index is -5.11. The molecule has 1 saturated carbocycles. The predicted molar refractivity (Wildman–Crippen MR) is 231 cm³/mol. The van der Waals surface area contributed by atoms with Crippen LogP contribution in [-0.2, 0) is 32.7 Å². The standard InChI is InChI=1S/C45H85O13P/c1-3-5-7-9-11-12-13-14-15-16-17-18-19-20-21-22-23-24-25-26-28-30-32-34-39(47)57-37(35-55-38(46)33-31-29-27-10-8-6-4-2)36-56-59(53,54)58-45-43(51)41(49)40(48)42(50)44(45)52/h16-17,37,40-45,48-52H,3-15,18-36H2,1-2H3,(H,53,54)/b17-16-. The van der Waals surface area contributed by atoms with Gasteiger partial charge >= 0.3 is 19.8 Å². The number of hydrogen-bond donors (Lipinski definition) is 6. The zero-order valence-corrected chi connectivity index (χ0v) is 37.7. The molecule has 1 rings (SSSR count). The molecular weight excluding hydrogens is 779 g/mol. The van der Waals surface area contributed by atoms with Crippen LogP contribution in [0.25, 0.3) is 0 Å². The molecule has 348 valence electrons. The predicted octanol–water partition coefficient (Wildman–Crippen LogP) is 9.06. The van der Waals surface area contributed by atoms with Crippen molar-refractivity contribution >= 4 is 19.8 Å². The van der Waals surface area contributed by atoms with Crippen LogP contribution in [0.5, 0.6) is 0 Å². The van der Waals surface area contributed by atoms with Crippen molar-refractivity contribution in [3.05, 3.63) is 12.2 Å². The molecule has 0 aromatic rings. The summed E-state index contributed by atoms with van der Waals surface area (Å²) in [5.74, 6) is -1.10. The summed E-state index contributed by atoms with van der Waals surface area (Å²) in [5, 5.41) is 50.0. The number of carbonyl (C=O) groups is 2. The van der Waals surface area contributed by atoms with Crippen molar-refractivity contribution in [3.8, 4) is 0 Å². The van der Waals surface area contributed by atoms with E-state index in [0.29, 0.717) is 12.8 Å². The quantitative estimate of drug-likeness (QED) is 0.0148. The molecule has 0 saturated heterocycles. The summed E-state index contributed by atoms with van der Waals surface area (Å²) in [7, 11) is -5.11. The van der Waals surface area contributed by atoms with Gasteiger partial charge in [-0.3, -0.25) is 18.6 Å². The third-order valence-corrected chi connectivity index (χ3v) is 12.1. The molecule has 1 aliphatic rings. The Morgan fingerprint density at radius 1 is 0.508 bits per heavy atom. The third kappa shape index (κ3) is 28.7. The lowest BCUT2D eigenvalue weighted by molar-refractivity contribution is -0.220. The number of hydrogen-bond acceptors (Lipinski definition) is 12. The van der Waals surface area contributed by atoms with Crippen LogP contribution in [0.2, 0.25) is 0 Å². The van der Waals surface area contributed by atoms with Crippen molar-refractivity contribution in [2.45, 2.75) is 249 Å². The number of esters is 2. The zero-order chi connectivity index (χ0) is 43.6. The maximum Gasteiger partial charge on any atom is 0.472 e. The van der Waals surface area contributed by atoms with E-state index >= 15 is 0 Å². The molecule has 0 amide bonds. The fourth-order valence-electron chi connectivity index (χ4n) is 7.28. The molecule has 0 heterocycles. The number of ether oxygens (including phenoxy) is 2. The van der Waals surface area contributed by atoms with Gasteiger partial charge in [0.15, 0.2) is 6.10 Å². The number of phosphoric acid groups is 1. The Labute approximate surface area is 356 Å². The van der Waals surface area contributed by atoms with Crippen molar-refractivity contribution in [2.24, 2.45) is 0 Å². The first-order valence-electron chi connectivity index (χ1n) is 23.5. The molecule has 59 heavy (non-hydrogen) atoms. The highest BCUT2D eigenvalue weighted by atomic mass is 31.2. The molecule has 0 aromatic heterocycles. The summed E-state index contributed by atoms with van der Waals surface area (Å²) in [6.07, 6.45) is 24.5. The van der Waals surface area contributed by atoms with Crippen molar-refractivity contribution in [3.63, 3.8) is 0 Å². The summed E-state index contributed by atoms with van der Waals surface area (Å²) in [6.45, 7) is 3.25. The second-order valence-corrected chi connectivity index (χ2v) is 18.0. The molecule has 14 heteroatoms. The lowest BCUT2D eigenvalue weighted by Crippen LogP contribution is -2.64. The number of aliphatic hydroxyl groups excluding tert-OH is 5. The Morgan fingerprint density at radius 2 is 0.864 bits per heavy atom. The van der Waals surface area contributed by atoms with Crippen molar-refractivity contribution in [1.29, 1.82) is 0 Å². The van der Waals surface area contributed by atoms with Gasteiger partial charge in [0.25, 0.3) is 0 Å². The maximum atomic E-state index is 12.8. The molecule has 0 aliphatic heterocycles. The smallest absolute Gasteiger partial charge is 0.462 e. The van der Waals surface area contributed by atoms with Gasteiger partial charge in [-0.2, -0.15) is 0 Å². The Balaban J connectivity index is 2.32. The second kappa shape index (κ2) is 36.1. The van der Waals surface area contributed by atoms with E-state index in [9.17, 15) is 44.6 Å². The van der Waals surface area contributed by atoms with Crippen molar-refractivity contribution < 1.29 is 63.1 Å². The topological polar surface area (TPSA) is 210 Å². The van der Waals surface area contributed by atoms with Gasteiger partial charge in [0.1, 0.15) is 43.2 Å². The van der Waals surface area contributed by atoms with E-state index in [1.807, 2.05) is 0 Å². The van der Waals surface area contributed by atoms with E-state index in [2.05, 4.69) is 26.0 Å². The molecule has 0 aromatic carbocycles. The number of phosphoric ester groups is 1. The van der Waals surface area contributed by atoms with Gasteiger partial charge in [0.2, 0.25) is 0 Å². The first-order valence-corrected chi connectivity index (χ1v) is 25.0. The normalized spacial score (nSPS) is 22.4. The van der Waals surface area contributed by atoms with Gasteiger partial charge in [-0.25, -0.2) is 4.57 Å². The Hall–Kier alpha value is -1.41. The Bertz CT molecular complexity index is 1090. The van der Waals surface area contributed by atoms with Gasteiger partial charge in [-0.1, -0.05) is 167 Å². The summed E-state index contributed by atoms with van der Waals surface area (Å²) in [4.78, 5) is 35.5.